The number of carbonyl (C=O) groups is 2. The van der Waals surface area contributed by atoms with E-state index in [1.165, 1.54) is 12.1 Å². The van der Waals surface area contributed by atoms with Gasteiger partial charge in [0.1, 0.15) is 11.6 Å². The number of thiophene rings is 1. The molecule has 1 fully saturated rings. The highest BCUT2D eigenvalue weighted by molar-refractivity contribution is 7.14. The van der Waals surface area contributed by atoms with Crippen LogP contribution in [0.2, 0.25) is 0 Å². The Bertz CT molecular complexity index is 1560. The van der Waals surface area contributed by atoms with Crippen molar-refractivity contribution in [1.82, 2.24) is 19.8 Å². The fourth-order valence-corrected chi connectivity index (χ4v) is 5.51. The summed E-state index contributed by atoms with van der Waals surface area (Å²) in [5, 5.41) is 15.9. The van der Waals surface area contributed by atoms with E-state index in [1.807, 2.05) is 49.6 Å². The second-order valence-electron chi connectivity index (χ2n) is 13.4. The highest BCUT2D eigenvalue weighted by Crippen LogP contribution is 2.30. The summed E-state index contributed by atoms with van der Waals surface area (Å²) in [6.45, 7) is 16.6. The summed E-state index contributed by atoms with van der Waals surface area (Å²) in [6, 6.07) is 10.9. The van der Waals surface area contributed by atoms with Crippen molar-refractivity contribution in [2.75, 3.05) is 18.4 Å². The molecule has 2 aromatic heterocycles. The van der Waals surface area contributed by atoms with Gasteiger partial charge in [0.05, 0.1) is 20.8 Å². The smallest absolute Gasteiger partial charge is 0.272 e. The molecule has 1 aliphatic heterocycles. The molecule has 3 aromatic rings. The number of aromatic nitrogens is 2. The molecule has 1 saturated heterocycles. The lowest BCUT2D eigenvalue weighted by molar-refractivity contribution is -0.133. The maximum atomic E-state index is 13.1. The number of likely N-dealkylation sites (tertiary alicyclic amines) is 1. The zero-order valence-corrected chi connectivity index (χ0v) is 26.6. The Hall–Kier alpha value is -3.62. The average Bonchev–Trinajstić information content (AvgIpc) is 3.51. The number of fused-ring (bicyclic) bond motifs is 1. The Morgan fingerprint density at radius 2 is 1.86 bits per heavy atom. The summed E-state index contributed by atoms with van der Waals surface area (Å²) in [5.74, 6) is -0.402. The number of allylic oxidation sites excluding steroid dienone is 1. The first kappa shape index (κ1) is 32.3. The highest BCUT2D eigenvalue weighted by atomic mass is 32.1. The van der Waals surface area contributed by atoms with E-state index in [-0.39, 0.29) is 44.0 Å². The van der Waals surface area contributed by atoms with Crippen LogP contribution < -0.4 is 10.6 Å². The SMILES string of the molecule is CC(NCc1ccc2c(c1)nc(NC(=O)c1ccc(C(F)F)s1)n2CC1CN(C(=O)C(C#N)=CC(C)(C)C)C1)C(C)(C)C. The van der Waals surface area contributed by atoms with Crippen molar-refractivity contribution in [2.45, 2.75) is 74.0 Å². The summed E-state index contributed by atoms with van der Waals surface area (Å²) in [4.78, 5) is 32.4. The molecule has 0 spiro atoms. The number of hydrogen-bond donors (Lipinski definition) is 2. The standard InChI is InChI=1S/C32H40F2N6O2S/c1-19(32(5,6)7)36-15-20-8-9-24-23(12-20)37-30(38-28(41)26-11-10-25(43-26)27(33)34)40(24)18-21-16-39(17-21)29(42)22(14-35)13-31(2,3)4/h8-13,19,21,27,36H,15-18H2,1-7H3,(H,37,38,41). The van der Waals surface area contributed by atoms with Crippen LogP contribution in [0.5, 0.6) is 0 Å². The molecule has 8 nitrogen and oxygen atoms in total. The van der Waals surface area contributed by atoms with Crippen molar-refractivity contribution in [3.63, 3.8) is 0 Å². The summed E-state index contributed by atoms with van der Waals surface area (Å²) in [6.07, 6.45) is -0.952. The first-order valence-corrected chi connectivity index (χ1v) is 15.2. The third kappa shape index (κ3) is 7.86. The predicted octanol–water partition coefficient (Wildman–Crippen LogP) is 6.77. The van der Waals surface area contributed by atoms with Crippen LogP contribution >= 0.6 is 11.3 Å². The zero-order chi connectivity index (χ0) is 31.7. The normalized spacial score (nSPS) is 15.5. The Labute approximate surface area is 255 Å². The Morgan fingerprint density at radius 3 is 2.44 bits per heavy atom. The van der Waals surface area contributed by atoms with Gasteiger partial charge in [0.2, 0.25) is 5.95 Å². The number of nitrogens with zero attached hydrogens (tertiary/aromatic N) is 4. The number of halogens is 2. The van der Waals surface area contributed by atoms with E-state index in [1.54, 1.807) is 11.0 Å². The molecule has 0 aliphatic carbocycles. The number of imidazole rings is 1. The van der Waals surface area contributed by atoms with Gasteiger partial charge in [-0.25, -0.2) is 13.8 Å². The highest BCUT2D eigenvalue weighted by Gasteiger charge is 2.34. The number of alkyl halides is 2. The molecular formula is C32H40F2N6O2S. The summed E-state index contributed by atoms with van der Waals surface area (Å²) in [7, 11) is 0. The van der Waals surface area contributed by atoms with Gasteiger partial charge in [0.25, 0.3) is 18.2 Å². The minimum absolute atomic E-state index is 0.0766. The molecule has 0 radical (unpaired) electrons. The predicted molar refractivity (Wildman–Crippen MR) is 166 cm³/mol. The molecule has 11 heteroatoms. The molecule has 0 bridgehead atoms. The molecule has 0 saturated carbocycles. The topological polar surface area (TPSA) is 103 Å². The number of rotatable bonds is 9. The Balaban J connectivity index is 1.56. The third-order valence-electron chi connectivity index (χ3n) is 7.63. The molecule has 4 rings (SSSR count). The molecule has 230 valence electrons. The quantitative estimate of drug-likeness (QED) is 0.206. The van der Waals surface area contributed by atoms with Gasteiger partial charge in [0, 0.05) is 38.1 Å². The molecule has 2 N–H and O–H groups in total. The van der Waals surface area contributed by atoms with Crippen molar-refractivity contribution in [2.24, 2.45) is 16.7 Å². The van der Waals surface area contributed by atoms with E-state index in [0.717, 1.165) is 22.4 Å². The molecule has 1 unspecified atom stereocenters. The third-order valence-corrected chi connectivity index (χ3v) is 8.72. The van der Waals surface area contributed by atoms with Gasteiger partial charge >= 0.3 is 0 Å². The Morgan fingerprint density at radius 1 is 1.16 bits per heavy atom. The van der Waals surface area contributed by atoms with Gasteiger partial charge in [-0.3, -0.25) is 14.9 Å². The number of carbonyl (C=O) groups excluding carboxylic acids is 2. The number of amides is 2. The molecule has 1 atom stereocenters. The summed E-state index contributed by atoms with van der Waals surface area (Å²) < 4.78 is 28.2. The van der Waals surface area contributed by atoms with Gasteiger partial charge in [-0.2, -0.15) is 5.26 Å². The van der Waals surface area contributed by atoms with Crippen LogP contribution in [0.1, 0.15) is 75.0 Å². The zero-order valence-electron chi connectivity index (χ0n) is 25.8. The van der Waals surface area contributed by atoms with E-state index in [9.17, 15) is 23.6 Å². The second kappa shape index (κ2) is 12.5. The van der Waals surface area contributed by atoms with Crippen LogP contribution in [-0.2, 0) is 17.9 Å². The number of anilines is 1. The number of nitriles is 1. The van der Waals surface area contributed by atoms with E-state index >= 15 is 0 Å². The van der Waals surface area contributed by atoms with Gasteiger partial charge in [0.15, 0.2) is 0 Å². The molecule has 43 heavy (non-hydrogen) atoms. The Kier molecular flexibility index (Phi) is 9.42. The first-order chi connectivity index (χ1) is 20.1. The molecule has 1 aliphatic rings. The van der Waals surface area contributed by atoms with Crippen LogP contribution in [0.15, 0.2) is 42.0 Å². The number of hydrogen-bond acceptors (Lipinski definition) is 6. The van der Waals surface area contributed by atoms with Gasteiger partial charge in [-0.05, 0) is 47.6 Å². The largest absolute Gasteiger partial charge is 0.337 e. The van der Waals surface area contributed by atoms with E-state index in [2.05, 4.69) is 38.3 Å². The van der Waals surface area contributed by atoms with Crippen LogP contribution in [0.3, 0.4) is 0 Å². The lowest BCUT2D eigenvalue weighted by atomic mass is 9.88. The fourth-order valence-electron chi connectivity index (χ4n) is 4.75. The van der Waals surface area contributed by atoms with Gasteiger partial charge < -0.3 is 14.8 Å². The van der Waals surface area contributed by atoms with Crippen LogP contribution in [0, 0.1) is 28.1 Å². The van der Waals surface area contributed by atoms with Crippen molar-refractivity contribution in [3.8, 4) is 6.07 Å². The summed E-state index contributed by atoms with van der Waals surface area (Å²) in [5.41, 5.74) is 2.49. The van der Waals surface area contributed by atoms with Crippen LogP contribution in [0.25, 0.3) is 11.0 Å². The minimum atomic E-state index is -2.65. The van der Waals surface area contributed by atoms with E-state index in [0.29, 0.717) is 37.6 Å². The lowest BCUT2D eigenvalue weighted by Crippen LogP contribution is -2.51. The molecule has 2 amide bonds. The molecular weight excluding hydrogens is 570 g/mol. The minimum Gasteiger partial charge on any atom is -0.337 e. The maximum Gasteiger partial charge on any atom is 0.272 e. The summed E-state index contributed by atoms with van der Waals surface area (Å²) >= 11 is 0.753. The van der Waals surface area contributed by atoms with Crippen molar-refractivity contribution >= 4 is 40.1 Å². The van der Waals surface area contributed by atoms with Crippen molar-refractivity contribution in [1.29, 1.82) is 5.26 Å². The first-order valence-electron chi connectivity index (χ1n) is 14.4. The van der Waals surface area contributed by atoms with E-state index < -0.39 is 12.3 Å². The maximum absolute atomic E-state index is 13.1. The van der Waals surface area contributed by atoms with Gasteiger partial charge in [-0.15, -0.1) is 11.3 Å². The van der Waals surface area contributed by atoms with E-state index in [4.69, 9.17) is 4.98 Å². The number of benzene rings is 1. The monoisotopic (exact) mass is 610 g/mol. The van der Waals surface area contributed by atoms with Crippen LogP contribution in [-0.4, -0.2) is 45.4 Å². The van der Waals surface area contributed by atoms with Crippen molar-refractivity contribution < 1.29 is 18.4 Å². The van der Waals surface area contributed by atoms with Crippen LogP contribution in [0.4, 0.5) is 14.7 Å². The second-order valence-corrected chi connectivity index (χ2v) is 14.5. The fraction of sp³-hybridized carbons (Fsp3) is 0.500. The molecule has 1 aromatic carbocycles. The van der Waals surface area contributed by atoms with Crippen molar-refractivity contribution in [3.05, 3.63) is 57.3 Å². The lowest BCUT2D eigenvalue weighted by Gasteiger charge is -2.39. The number of nitrogens with one attached hydrogen (secondary N) is 2. The molecule has 3 heterocycles. The van der Waals surface area contributed by atoms with Gasteiger partial charge in [-0.1, -0.05) is 53.7 Å². The average molecular weight is 611 g/mol.